The van der Waals surface area contributed by atoms with Crippen molar-refractivity contribution in [2.24, 2.45) is 5.92 Å². The number of hydrogen-bond donors (Lipinski definition) is 0. The van der Waals surface area contributed by atoms with Crippen molar-refractivity contribution >= 4 is 34.2 Å². The Kier molecular flexibility index (Phi) is 4.07. The predicted octanol–water partition coefficient (Wildman–Crippen LogP) is 3.62. The maximum Gasteiger partial charge on any atom is 0.232 e. The second kappa shape index (κ2) is 5.81. The van der Waals surface area contributed by atoms with Gasteiger partial charge in [-0.3, -0.25) is 4.98 Å². The summed E-state index contributed by atoms with van der Waals surface area (Å²) in [5, 5.41) is 0.449. The predicted molar refractivity (Wildman–Crippen MR) is 85.1 cm³/mol. The molecule has 20 heavy (non-hydrogen) atoms. The van der Waals surface area contributed by atoms with E-state index in [9.17, 15) is 0 Å². The fourth-order valence-corrected chi connectivity index (χ4v) is 2.77. The van der Waals surface area contributed by atoms with Crippen molar-refractivity contribution in [2.45, 2.75) is 19.3 Å². The highest BCUT2D eigenvalue weighted by molar-refractivity contribution is 14.1. The average molecular weight is 402 g/mol. The van der Waals surface area contributed by atoms with Gasteiger partial charge >= 0.3 is 0 Å². The minimum atomic E-state index is 0.449. The van der Waals surface area contributed by atoms with E-state index in [1.54, 1.807) is 0 Å². The van der Waals surface area contributed by atoms with Crippen LogP contribution in [-0.4, -0.2) is 21.6 Å². The Balaban J connectivity index is 1.62. The summed E-state index contributed by atoms with van der Waals surface area (Å²) in [5.74, 6) is 2.22. The summed E-state index contributed by atoms with van der Waals surface area (Å²) < 4.78 is 6.57. The van der Waals surface area contributed by atoms with Crippen LogP contribution in [0.4, 0.5) is 0 Å². The summed E-state index contributed by atoms with van der Waals surface area (Å²) in [7, 11) is 0. The molecule has 2 aromatic heterocycles. The van der Waals surface area contributed by atoms with Gasteiger partial charge in [0.1, 0.15) is 14.5 Å². The second-order valence-electron chi connectivity index (χ2n) is 4.85. The first-order valence-corrected chi connectivity index (χ1v) is 7.84. The molecule has 0 aromatic carbocycles. The topological polar surface area (TPSA) is 47.9 Å². The lowest BCUT2D eigenvalue weighted by molar-refractivity contribution is 0.282. The number of pyridine rings is 1. The Morgan fingerprint density at radius 2 is 2.25 bits per heavy atom. The van der Waals surface area contributed by atoms with Gasteiger partial charge in [-0.1, -0.05) is 17.7 Å². The first-order valence-electron chi connectivity index (χ1n) is 6.38. The summed E-state index contributed by atoms with van der Waals surface area (Å²) in [4.78, 5) is 12.8. The van der Waals surface area contributed by atoms with Crippen molar-refractivity contribution < 1.29 is 4.74 Å². The zero-order valence-electron chi connectivity index (χ0n) is 10.9. The molecule has 0 saturated heterocycles. The van der Waals surface area contributed by atoms with Crippen LogP contribution in [0.1, 0.15) is 23.9 Å². The van der Waals surface area contributed by atoms with Gasteiger partial charge in [0.25, 0.3) is 0 Å². The number of ether oxygens (including phenoxy) is 1. The third-order valence-electron chi connectivity index (χ3n) is 3.32. The van der Waals surface area contributed by atoms with E-state index in [2.05, 4.69) is 43.6 Å². The van der Waals surface area contributed by atoms with E-state index in [-0.39, 0.29) is 0 Å². The first-order chi connectivity index (χ1) is 9.65. The van der Waals surface area contributed by atoms with E-state index in [0.29, 0.717) is 35.3 Å². The van der Waals surface area contributed by atoms with Gasteiger partial charge in [0, 0.05) is 23.7 Å². The molecule has 2 aromatic rings. The van der Waals surface area contributed by atoms with Crippen molar-refractivity contribution in [3.05, 3.63) is 44.6 Å². The number of rotatable bonds is 4. The van der Waals surface area contributed by atoms with Crippen molar-refractivity contribution in [2.75, 3.05) is 6.61 Å². The minimum absolute atomic E-state index is 0.449. The molecule has 1 aliphatic carbocycles. The van der Waals surface area contributed by atoms with Crippen molar-refractivity contribution in [3.8, 4) is 5.88 Å². The molecule has 104 valence electrons. The molecule has 1 saturated carbocycles. The number of nitrogens with zero attached hydrogens (tertiary/aromatic N) is 3. The normalized spacial score (nSPS) is 20.8. The second-order valence-corrected chi connectivity index (χ2v) is 6.29. The van der Waals surface area contributed by atoms with E-state index in [1.165, 1.54) is 0 Å². The van der Waals surface area contributed by atoms with Crippen LogP contribution in [0.2, 0.25) is 5.15 Å². The van der Waals surface area contributed by atoms with Gasteiger partial charge in [0.05, 0.1) is 6.61 Å². The third-order valence-corrected chi connectivity index (χ3v) is 4.88. The molecule has 2 atom stereocenters. The number of hydrogen-bond acceptors (Lipinski definition) is 4. The smallest absolute Gasteiger partial charge is 0.232 e. The van der Waals surface area contributed by atoms with Crippen molar-refractivity contribution in [1.82, 2.24) is 15.0 Å². The molecule has 1 fully saturated rings. The Bertz CT molecular complexity index is 623. The lowest BCUT2D eigenvalue weighted by atomic mass is 10.2. The maximum absolute atomic E-state index is 6.03. The lowest BCUT2D eigenvalue weighted by Crippen LogP contribution is -2.06. The van der Waals surface area contributed by atoms with Crippen molar-refractivity contribution in [3.63, 3.8) is 0 Å². The fourth-order valence-electron chi connectivity index (χ4n) is 2.17. The lowest BCUT2D eigenvalue weighted by Gasteiger charge is -2.08. The van der Waals surface area contributed by atoms with Crippen LogP contribution >= 0.6 is 34.2 Å². The van der Waals surface area contributed by atoms with Crippen LogP contribution < -0.4 is 4.74 Å². The Hall–Kier alpha value is -0.950. The number of aryl methyl sites for hydroxylation is 1. The van der Waals surface area contributed by atoms with Crippen LogP contribution in [0.5, 0.6) is 5.88 Å². The van der Waals surface area contributed by atoms with E-state index in [0.717, 1.165) is 15.7 Å². The molecule has 0 radical (unpaired) electrons. The van der Waals surface area contributed by atoms with Crippen LogP contribution in [0.25, 0.3) is 0 Å². The molecule has 0 spiro atoms. The van der Waals surface area contributed by atoms with E-state index >= 15 is 0 Å². The van der Waals surface area contributed by atoms with Crippen LogP contribution in [0.15, 0.2) is 24.4 Å². The van der Waals surface area contributed by atoms with Crippen molar-refractivity contribution in [1.29, 1.82) is 0 Å². The first kappa shape index (κ1) is 14.0. The van der Waals surface area contributed by atoms with Gasteiger partial charge in [0.2, 0.25) is 5.88 Å². The summed E-state index contributed by atoms with van der Waals surface area (Å²) in [5.41, 5.74) is 1.15. The fraction of sp³-hybridized carbons (Fsp3) is 0.357. The molecule has 2 heterocycles. The maximum atomic E-state index is 6.03. The van der Waals surface area contributed by atoms with Gasteiger partial charge in [-0.25, -0.2) is 4.98 Å². The molecule has 4 nitrogen and oxygen atoms in total. The third kappa shape index (κ3) is 3.03. The summed E-state index contributed by atoms with van der Waals surface area (Å²) in [6.45, 7) is 2.45. The SMILES string of the molecule is Cc1nc(Cl)c(I)c(OCC2CC2c2ccccn2)n1. The molecule has 0 amide bonds. The number of aromatic nitrogens is 3. The average Bonchev–Trinajstić information content (AvgIpc) is 3.22. The van der Waals surface area contributed by atoms with Gasteiger partial charge in [-0.2, -0.15) is 4.98 Å². The van der Waals surface area contributed by atoms with Gasteiger partial charge in [0.15, 0.2) is 0 Å². The largest absolute Gasteiger partial charge is 0.476 e. The Morgan fingerprint density at radius 3 is 3.00 bits per heavy atom. The summed E-state index contributed by atoms with van der Waals surface area (Å²) >= 11 is 8.14. The molecular formula is C14H13ClIN3O. The molecule has 2 unspecified atom stereocenters. The minimum Gasteiger partial charge on any atom is -0.476 e. The van der Waals surface area contributed by atoms with Crippen LogP contribution in [0.3, 0.4) is 0 Å². The molecule has 6 heteroatoms. The number of halogens is 2. The summed E-state index contributed by atoms with van der Waals surface area (Å²) in [6.07, 6.45) is 2.95. The van der Waals surface area contributed by atoms with Crippen LogP contribution in [-0.2, 0) is 0 Å². The standard InChI is InChI=1S/C14H13ClIN3O/c1-8-18-13(15)12(16)14(19-8)20-7-9-6-10(9)11-4-2-3-5-17-11/h2-5,9-10H,6-7H2,1H3. The van der Waals surface area contributed by atoms with Gasteiger partial charge < -0.3 is 4.74 Å². The van der Waals surface area contributed by atoms with Crippen LogP contribution in [0, 0.1) is 16.4 Å². The van der Waals surface area contributed by atoms with E-state index in [1.807, 2.05) is 25.3 Å². The quantitative estimate of drug-likeness (QED) is 0.580. The molecular weight excluding hydrogens is 389 g/mol. The van der Waals surface area contributed by atoms with Gasteiger partial charge in [-0.15, -0.1) is 0 Å². The molecule has 0 N–H and O–H groups in total. The van der Waals surface area contributed by atoms with E-state index in [4.69, 9.17) is 16.3 Å². The zero-order chi connectivity index (χ0) is 14.1. The molecule has 0 aliphatic heterocycles. The Morgan fingerprint density at radius 1 is 1.40 bits per heavy atom. The highest BCUT2D eigenvalue weighted by atomic mass is 127. The molecule has 0 bridgehead atoms. The summed E-state index contributed by atoms with van der Waals surface area (Å²) in [6, 6.07) is 6.03. The van der Waals surface area contributed by atoms with E-state index < -0.39 is 0 Å². The molecule has 1 aliphatic rings. The zero-order valence-corrected chi connectivity index (χ0v) is 13.8. The highest BCUT2D eigenvalue weighted by Crippen LogP contribution is 2.46. The molecule has 3 rings (SSSR count). The monoisotopic (exact) mass is 401 g/mol. The van der Waals surface area contributed by atoms with Gasteiger partial charge in [-0.05, 0) is 48.1 Å². The highest BCUT2D eigenvalue weighted by Gasteiger charge is 2.40. The Labute approximate surface area is 136 Å².